The van der Waals surface area contributed by atoms with E-state index in [4.69, 9.17) is 9.97 Å². The molecule has 6 rings (SSSR count). The summed E-state index contributed by atoms with van der Waals surface area (Å²) in [6.45, 7) is 13.4. The van der Waals surface area contributed by atoms with Crippen LogP contribution in [-0.2, 0) is 6.54 Å². The van der Waals surface area contributed by atoms with Gasteiger partial charge in [-0.25, -0.2) is 9.97 Å². The molecule has 4 N–H and O–H groups in total. The van der Waals surface area contributed by atoms with Crippen LogP contribution in [0.25, 0.3) is 11.3 Å². The molecule has 0 aliphatic rings. The zero-order valence-corrected chi connectivity index (χ0v) is 29.4. The third-order valence-corrected chi connectivity index (χ3v) is 8.94. The molecule has 0 saturated carbocycles. The molecule has 0 bridgehead atoms. The van der Waals surface area contributed by atoms with Gasteiger partial charge in [-0.3, -0.25) is 0 Å². The van der Waals surface area contributed by atoms with E-state index in [1.165, 1.54) is 11.1 Å². The fraction of sp³-hybridized carbons (Fsp3) is 0.385. The van der Waals surface area contributed by atoms with E-state index in [0.717, 1.165) is 91.0 Å². The Kier molecular flexibility index (Phi) is 10.9. The van der Waals surface area contributed by atoms with Crippen LogP contribution in [-0.4, -0.2) is 42.3 Å². The molecule has 1 atom stereocenters. The fourth-order valence-corrected chi connectivity index (χ4v) is 6.06. The predicted octanol–water partition coefficient (Wildman–Crippen LogP) is 8.89. The molecule has 10 nitrogen and oxygen atoms in total. The molecule has 6 aromatic rings. The van der Waals surface area contributed by atoms with Gasteiger partial charge in [-0.1, -0.05) is 101 Å². The summed E-state index contributed by atoms with van der Waals surface area (Å²) in [5, 5.41) is 23.7. The van der Waals surface area contributed by atoms with Crippen LogP contribution >= 0.6 is 0 Å². The van der Waals surface area contributed by atoms with Crippen molar-refractivity contribution >= 4 is 34.6 Å². The highest BCUT2D eigenvalue weighted by molar-refractivity contribution is 5.62. The van der Waals surface area contributed by atoms with Crippen LogP contribution < -0.4 is 21.3 Å². The zero-order valence-electron chi connectivity index (χ0n) is 29.4. The minimum Gasteiger partial charge on any atom is -0.370 e. The van der Waals surface area contributed by atoms with Crippen LogP contribution in [0, 0.1) is 0 Å². The van der Waals surface area contributed by atoms with Gasteiger partial charge in [-0.15, -0.1) is 0 Å². The first-order valence-corrected chi connectivity index (χ1v) is 17.7. The van der Waals surface area contributed by atoms with E-state index in [9.17, 15) is 0 Å². The highest BCUT2D eigenvalue weighted by Crippen LogP contribution is 2.27. The largest absolute Gasteiger partial charge is 0.370 e. The molecule has 0 spiro atoms. The van der Waals surface area contributed by atoms with Gasteiger partial charge in [-0.05, 0) is 42.7 Å². The molecule has 0 aliphatic heterocycles. The minimum absolute atomic E-state index is 0.131. The number of anilines is 4. The Morgan fingerprint density at radius 1 is 0.592 bits per heavy atom. The maximum Gasteiger partial charge on any atom is 0.163 e. The highest BCUT2D eigenvalue weighted by atomic mass is 15.3. The molecule has 49 heavy (non-hydrogen) atoms. The maximum absolute atomic E-state index is 4.97. The lowest BCUT2D eigenvalue weighted by molar-refractivity contribution is 0.669. The summed E-state index contributed by atoms with van der Waals surface area (Å²) in [5.41, 5.74) is 6.54. The third-order valence-electron chi connectivity index (χ3n) is 8.94. The molecule has 4 aromatic heterocycles. The SMILES string of the molecule is CC(C)c1cnn2c(NCc3ccccc3)cc(NCCCCCCNc3cc(N[C@@H](C)c4ccccc4)n4ncc(C(C)C)c4n3)nc12. The average molecular weight is 659 g/mol. The number of fused-ring (bicyclic) bond motifs is 2. The Bertz CT molecular complexity index is 1930. The van der Waals surface area contributed by atoms with Crippen molar-refractivity contribution in [2.45, 2.75) is 84.7 Å². The van der Waals surface area contributed by atoms with Gasteiger partial charge in [0.25, 0.3) is 0 Å². The van der Waals surface area contributed by atoms with Gasteiger partial charge in [0.15, 0.2) is 11.3 Å². The van der Waals surface area contributed by atoms with Crippen molar-refractivity contribution in [2.75, 3.05) is 34.4 Å². The number of hydrogen-bond donors (Lipinski definition) is 4. The Balaban J connectivity index is 1.01. The highest BCUT2D eigenvalue weighted by Gasteiger charge is 2.17. The molecular formula is C39H50N10. The summed E-state index contributed by atoms with van der Waals surface area (Å²) in [5.74, 6) is 4.29. The van der Waals surface area contributed by atoms with Crippen molar-refractivity contribution in [3.8, 4) is 0 Å². The summed E-state index contributed by atoms with van der Waals surface area (Å²) in [4.78, 5) is 9.92. The number of nitrogens with zero attached hydrogens (tertiary/aromatic N) is 6. The first kappa shape index (κ1) is 33.8. The van der Waals surface area contributed by atoms with E-state index in [0.29, 0.717) is 11.8 Å². The molecule has 0 saturated heterocycles. The van der Waals surface area contributed by atoms with E-state index in [2.05, 4.69) is 127 Å². The second-order valence-electron chi connectivity index (χ2n) is 13.4. The number of nitrogens with one attached hydrogen (secondary N) is 4. The number of hydrogen-bond acceptors (Lipinski definition) is 8. The van der Waals surface area contributed by atoms with Crippen LogP contribution in [0.4, 0.5) is 23.3 Å². The monoisotopic (exact) mass is 658 g/mol. The van der Waals surface area contributed by atoms with Gasteiger partial charge in [0.2, 0.25) is 0 Å². The Morgan fingerprint density at radius 2 is 1.10 bits per heavy atom. The summed E-state index contributed by atoms with van der Waals surface area (Å²) in [6, 6.07) is 25.2. The number of unbranched alkanes of at least 4 members (excludes halogenated alkanes) is 3. The molecule has 10 heteroatoms. The minimum atomic E-state index is 0.131. The fourth-order valence-electron chi connectivity index (χ4n) is 6.06. The summed E-state index contributed by atoms with van der Waals surface area (Å²) >= 11 is 0. The average Bonchev–Trinajstić information content (AvgIpc) is 3.75. The predicted molar refractivity (Wildman–Crippen MR) is 202 cm³/mol. The number of aromatic nitrogens is 6. The number of rotatable bonds is 17. The van der Waals surface area contributed by atoms with Gasteiger partial charge >= 0.3 is 0 Å². The molecule has 0 amide bonds. The molecule has 2 aromatic carbocycles. The lowest BCUT2D eigenvalue weighted by atomic mass is 10.1. The third kappa shape index (κ3) is 8.31. The van der Waals surface area contributed by atoms with Crippen molar-refractivity contribution in [1.29, 1.82) is 0 Å². The van der Waals surface area contributed by atoms with Crippen LogP contribution in [0.1, 0.15) is 100 Å². The Labute approximate surface area is 289 Å². The van der Waals surface area contributed by atoms with Gasteiger partial charge in [0, 0.05) is 48.9 Å². The summed E-state index contributed by atoms with van der Waals surface area (Å²) < 4.78 is 3.85. The Morgan fingerprint density at radius 3 is 1.65 bits per heavy atom. The van der Waals surface area contributed by atoms with Gasteiger partial charge in [0.05, 0.1) is 12.4 Å². The van der Waals surface area contributed by atoms with Crippen molar-refractivity contribution < 1.29 is 0 Å². The topological polar surface area (TPSA) is 108 Å². The molecular weight excluding hydrogens is 608 g/mol. The Hall–Kier alpha value is -5.12. The van der Waals surface area contributed by atoms with E-state index < -0.39 is 0 Å². The van der Waals surface area contributed by atoms with Gasteiger partial charge in [0.1, 0.15) is 23.3 Å². The molecule has 0 aliphatic carbocycles. The van der Waals surface area contributed by atoms with Crippen molar-refractivity contribution in [2.24, 2.45) is 0 Å². The van der Waals surface area contributed by atoms with Crippen LogP contribution in [0.3, 0.4) is 0 Å². The smallest absolute Gasteiger partial charge is 0.163 e. The standard InChI is InChI=1S/C39H50N10/c1-27(2)32-25-43-48-36(42-24-30-16-10-8-11-17-30)22-34(46-38(32)48)40-20-14-6-7-15-21-41-35-23-37(45-29(5)31-18-12-9-13-19-31)49-39(47-35)33(26-44-49)28(3)4/h8-13,16-19,22-23,25-29,42,45H,6-7,14-15,20-21,24H2,1-5H3,(H,40,46)(H,41,47)/t29-/m0/s1. The molecule has 256 valence electrons. The molecule has 4 heterocycles. The lowest BCUT2D eigenvalue weighted by Gasteiger charge is -2.18. The van der Waals surface area contributed by atoms with Crippen molar-refractivity contribution in [3.05, 3.63) is 107 Å². The van der Waals surface area contributed by atoms with Crippen LogP contribution in [0.5, 0.6) is 0 Å². The van der Waals surface area contributed by atoms with Gasteiger partial charge < -0.3 is 21.3 Å². The van der Waals surface area contributed by atoms with Crippen LogP contribution in [0.2, 0.25) is 0 Å². The summed E-state index contributed by atoms with van der Waals surface area (Å²) in [6.07, 6.45) is 8.28. The van der Waals surface area contributed by atoms with Crippen molar-refractivity contribution in [1.82, 2.24) is 29.2 Å². The van der Waals surface area contributed by atoms with E-state index in [1.54, 1.807) is 0 Å². The second kappa shape index (κ2) is 15.9. The van der Waals surface area contributed by atoms with E-state index in [1.807, 2.05) is 33.6 Å². The van der Waals surface area contributed by atoms with E-state index >= 15 is 0 Å². The molecule has 0 fully saturated rings. The second-order valence-corrected chi connectivity index (χ2v) is 13.4. The van der Waals surface area contributed by atoms with E-state index in [-0.39, 0.29) is 6.04 Å². The molecule has 0 radical (unpaired) electrons. The first-order chi connectivity index (χ1) is 23.9. The zero-order chi connectivity index (χ0) is 34.2. The maximum atomic E-state index is 4.97. The normalized spacial score (nSPS) is 12.2. The molecule has 0 unspecified atom stereocenters. The quantitative estimate of drug-likeness (QED) is 0.0720. The van der Waals surface area contributed by atoms with Crippen LogP contribution in [0.15, 0.2) is 85.2 Å². The number of benzene rings is 2. The summed E-state index contributed by atoms with van der Waals surface area (Å²) in [7, 11) is 0. The first-order valence-electron chi connectivity index (χ1n) is 17.7. The van der Waals surface area contributed by atoms with Gasteiger partial charge in [-0.2, -0.15) is 19.2 Å². The van der Waals surface area contributed by atoms with Crippen molar-refractivity contribution in [3.63, 3.8) is 0 Å². The lowest BCUT2D eigenvalue weighted by Crippen LogP contribution is -2.13.